The SMILES string of the molecule is CCOCCCNC(=O)Nc1ccc(C(=O)O)nc1. The van der Waals surface area contributed by atoms with E-state index < -0.39 is 5.97 Å². The van der Waals surface area contributed by atoms with E-state index in [1.165, 1.54) is 18.3 Å². The Balaban J connectivity index is 2.30. The highest BCUT2D eigenvalue weighted by molar-refractivity contribution is 5.90. The van der Waals surface area contributed by atoms with Crippen molar-refractivity contribution in [2.75, 3.05) is 25.1 Å². The summed E-state index contributed by atoms with van der Waals surface area (Å²) in [7, 11) is 0. The van der Waals surface area contributed by atoms with Crippen molar-refractivity contribution in [1.82, 2.24) is 10.3 Å². The summed E-state index contributed by atoms with van der Waals surface area (Å²) in [6.45, 7) is 3.68. The van der Waals surface area contributed by atoms with Gasteiger partial charge in [0.05, 0.1) is 11.9 Å². The summed E-state index contributed by atoms with van der Waals surface area (Å²) < 4.78 is 5.13. The third kappa shape index (κ3) is 5.82. The number of hydrogen-bond acceptors (Lipinski definition) is 4. The predicted octanol–water partition coefficient (Wildman–Crippen LogP) is 1.33. The fourth-order valence-corrected chi connectivity index (χ4v) is 1.29. The van der Waals surface area contributed by atoms with E-state index in [1.807, 2.05) is 6.92 Å². The largest absolute Gasteiger partial charge is 0.477 e. The van der Waals surface area contributed by atoms with Crippen molar-refractivity contribution in [1.29, 1.82) is 0 Å². The minimum Gasteiger partial charge on any atom is -0.477 e. The number of aromatic carboxylic acids is 1. The van der Waals surface area contributed by atoms with Gasteiger partial charge in [-0.25, -0.2) is 14.6 Å². The van der Waals surface area contributed by atoms with Gasteiger partial charge in [-0.1, -0.05) is 0 Å². The molecule has 7 nitrogen and oxygen atoms in total. The van der Waals surface area contributed by atoms with Crippen molar-refractivity contribution in [2.45, 2.75) is 13.3 Å². The quantitative estimate of drug-likeness (QED) is 0.647. The first kappa shape index (κ1) is 14.9. The number of carboxylic acids is 1. The summed E-state index contributed by atoms with van der Waals surface area (Å²) in [5, 5.41) is 13.9. The van der Waals surface area contributed by atoms with Gasteiger partial charge in [0.25, 0.3) is 0 Å². The molecule has 0 aliphatic carbocycles. The van der Waals surface area contributed by atoms with Crippen LogP contribution < -0.4 is 10.6 Å². The highest BCUT2D eigenvalue weighted by Gasteiger charge is 2.05. The Kier molecular flexibility index (Phi) is 6.31. The molecule has 104 valence electrons. The average molecular weight is 267 g/mol. The molecule has 0 unspecified atom stereocenters. The molecule has 1 rings (SSSR count). The number of nitrogens with zero attached hydrogens (tertiary/aromatic N) is 1. The van der Waals surface area contributed by atoms with E-state index in [0.29, 0.717) is 25.4 Å². The standard InChI is InChI=1S/C12H17N3O4/c1-2-19-7-3-6-13-12(18)15-9-4-5-10(11(16)17)14-8-9/h4-5,8H,2-3,6-7H2,1H3,(H,16,17)(H2,13,15,18). The summed E-state index contributed by atoms with van der Waals surface area (Å²) in [4.78, 5) is 25.7. The Hall–Kier alpha value is -2.15. The van der Waals surface area contributed by atoms with E-state index in [1.54, 1.807) is 0 Å². The third-order valence-corrected chi connectivity index (χ3v) is 2.20. The van der Waals surface area contributed by atoms with Crippen molar-refractivity contribution in [3.8, 4) is 0 Å². The normalized spacial score (nSPS) is 9.95. The van der Waals surface area contributed by atoms with Crippen LogP contribution in [0.15, 0.2) is 18.3 Å². The van der Waals surface area contributed by atoms with E-state index in [0.717, 1.165) is 6.42 Å². The van der Waals surface area contributed by atoms with Crippen LogP contribution in [0.2, 0.25) is 0 Å². The van der Waals surface area contributed by atoms with Crippen LogP contribution in [0.3, 0.4) is 0 Å². The summed E-state index contributed by atoms with van der Waals surface area (Å²) in [5.74, 6) is -1.10. The van der Waals surface area contributed by atoms with Gasteiger partial charge >= 0.3 is 12.0 Å². The number of rotatable bonds is 7. The van der Waals surface area contributed by atoms with Crippen LogP contribution >= 0.6 is 0 Å². The first-order valence-electron chi connectivity index (χ1n) is 5.95. The lowest BCUT2D eigenvalue weighted by Crippen LogP contribution is -2.30. The molecule has 2 amide bonds. The minimum absolute atomic E-state index is 0.0670. The molecule has 7 heteroatoms. The van der Waals surface area contributed by atoms with Gasteiger partial charge in [-0.3, -0.25) is 0 Å². The molecule has 0 aromatic carbocycles. The Labute approximate surface area is 111 Å². The second-order valence-corrected chi connectivity index (χ2v) is 3.67. The minimum atomic E-state index is -1.10. The average Bonchev–Trinajstić information content (AvgIpc) is 2.39. The van der Waals surface area contributed by atoms with Crippen molar-refractivity contribution in [3.05, 3.63) is 24.0 Å². The number of carbonyl (C=O) groups excluding carboxylic acids is 1. The summed E-state index contributed by atoms with van der Waals surface area (Å²) >= 11 is 0. The third-order valence-electron chi connectivity index (χ3n) is 2.20. The van der Waals surface area contributed by atoms with Crippen LogP contribution in [0.4, 0.5) is 10.5 Å². The molecular weight excluding hydrogens is 250 g/mol. The molecule has 1 aromatic heterocycles. The second-order valence-electron chi connectivity index (χ2n) is 3.67. The number of urea groups is 1. The predicted molar refractivity (Wildman–Crippen MR) is 69.3 cm³/mol. The number of hydrogen-bond donors (Lipinski definition) is 3. The topological polar surface area (TPSA) is 101 Å². The van der Waals surface area contributed by atoms with Gasteiger partial charge < -0.3 is 20.5 Å². The number of anilines is 1. The number of carbonyl (C=O) groups is 2. The zero-order valence-corrected chi connectivity index (χ0v) is 10.7. The number of amides is 2. The van der Waals surface area contributed by atoms with E-state index in [4.69, 9.17) is 9.84 Å². The molecule has 1 heterocycles. The Morgan fingerprint density at radius 3 is 2.79 bits per heavy atom. The van der Waals surface area contributed by atoms with Gasteiger partial charge in [0, 0.05) is 19.8 Å². The first-order valence-corrected chi connectivity index (χ1v) is 5.95. The molecule has 1 aromatic rings. The number of nitrogens with one attached hydrogen (secondary N) is 2. The van der Waals surface area contributed by atoms with Crippen LogP contribution in [0.25, 0.3) is 0 Å². The Morgan fingerprint density at radius 2 is 2.21 bits per heavy atom. The lowest BCUT2D eigenvalue weighted by atomic mass is 10.3. The molecule has 0 bridgehead atoms. The molecule has 0 spiro atoms. The van der Waals surface area contributed by atoms with Gasteiger partial charge in [-0.15, -0.1) is 0 Å². The highest BCUT2D eigenvalue weighted by atomic mass is 16.5. The van der Waals surface area contributed by atoms with Crippen molar-refractivity contribution in [2.24, 2.45) is 0 Å². The number of carboxylic acid groups (broad SMARTS) is 1. The molecule has 0 aliphatic heterocycles. The summed E-state index contributed by atoms with van der Waals surface area (Å²) in [6.07, 6.45) is 2.03. The monoisotopic (exact) mass is 267 g/mol. The summed E-state index contributed by atoms with van der Waals surface area (Å²) in [6, 6.07) is 2.45. The van der Waals surface area contributed by atoms with Gasteiger partial charge in [-0.05, 0) is 25.5 Å². The molecule has 0 saturated carbocycles. The van der Waals surface area contributed by atoms with Gasteiger partial charge in [0.15, 0.2) is 0 Å². The van der Waals surface area contributed by atoms with E-state index in [9.17, 15) is 9.59 Å². The molecule has 0 aliphatic rings. The zero-order valence-electron chi connectivity index (χ0n) is 10.7. The fourth-order valence-electron chi connectivity index (χ4n) is 1.29. The first-order chi connectivity index (χ1) is 9.13. The lowest BCUT2D eigenvalue weighted by Gasteiger charge is -2.07. The van der Waals surface area contributed by atoms with E-state index in [2.05, 4.69) is 15.6 Å². The fraction of sp³-hybridized carbons (Fsp3) is 0.417. The number of aromatic nitrogens is 1. The molecule has 19 heavy (non-hydrogen) atoms. The van der Waals surface area contributed by atoms with Crippen molar-refractivity contribution in [3.63, 3.8) is 0 Å². The van der Waals surface area contributed by atoms with E-state index >= 15 is 0 Å². The maximum atomic E-state index is 11.5. The maximum absolute atomic E-state index is 11.5. The summed E-state index contributed by atoms with van der Waals surface area (Å²) in [5.41, 5.74) is 0.370. The molecule has 0 atom stereocenters. The molecule has 0 fully saturated rings. The van der Waals surface area contributed by atoms with Crippen LogP contribution in [0.5, 0.6) is 0 Å². The van der Waals surface area contributed by atoms with E-state index in [-0.39, 0.29) is 11.7 Å². The lowest BCUT2D eigenvalue weighted by molar-refractivity contribution is 0.0690. The molecule has 0 radical (unpaired) electrons. The van der Waals surface area contributed by atoms with Gasteiger partial charge in [-0.2, -0.15) is 0 Å². The zero-order chi connectivity index (χ0) is 14.1. The van der Waals surface area contributed by atoms with Gasteiger partial charge in [0.2, 0.25) is 0 Å². The molecule has 3 N–H and O–H groups in total. The molecule has 0 saturated heterocycles. The van der Waals surface area contributed by atoms with Crippen molar-refractivity contribution < 1.29 is 19.4 Å². The molecular formula is C12H17N3O4. The smallest absolute Gasteiger partial charge is 0.354 e. The Bertz CT molecular complexity index is 419. The van der Waals surface area contributed by atoms with Crippen LogP contribution in [-0.4, -0.2) is 41.8 Å². The second kappa shape index (κ2) is 8.04. The van der Waals surface area contributed by atoms with Crippen LogP contribution in [0, 0.1) is 0 Å². The number of pyridine rings is 1. The van der Waals surface area contributed by atoms with Crippen LogP contribution in [0.1, 0.15) is 23.8 Å². The highest BCUT2D eigenvalue weighted by Crippen LogP contribution is 2.05. The Morgan fingerprint density at radius 1 is 1.42 bits per heavy atom. The van der Waals surface area contributed by atoms with Gasteiger partial charge in [0.1, 0.15) is 5.69 Å². The maximum Gasteiger partial charge on any atom is 0.354 e. The van der Waals surface area contributed by atoms with Crippen LogP contribution in [-0.2, 0) is 4.74 Å². The van der Waals surface area contributed by atoms with Crippen molar-refractivity contribution >= 4 is 17.7 Å². The number of ether oxygens (including phenoxy) is 1.